The second-order valence-corrected chi connectivity index (χ2v) is 8.42. The molecule has 0 atom stereocenters. The van der Waals surface area contributed by atoms with Crippen molar-refractivity contribution in [3.63, 3.8) is 0 Å². The molecule has 0 amide bonds. The first-order valence-electron chi connectivity index (χ1n) is 9.91. The minimum Gasteiger partial charge on any atom is -0.356 e. The summed E-state index contributed by atoms with van der Waals surface area (Å²) in [5.74, 6) is 0.842. The third-order valence-corrected chi connectivity index (χ3v) is 5.97. The molecule has 0 unspecified atom stereocenters. The van der Waals surface area contributed by atoms with Crippen molar-refractivity contribution in [2.24, 2.45) is 4.99 Å². The van der Waals surface area contributed by atoms with Crippen molar-refractivity contribution >= 4 is 45.9 Å². The Balaban J connectivity index is 0.00000300. The summed E-state index contributed by atoms with van der Waals surface area (Å²) in [7, 11) is 1.81. The molecule has 5 nitrogen and oxygen atoms in total. The minimum absolute atomic E-state index is 0. The first kappa shape index (κ1) is 23.9. The maximum absolute atomic E-state index is 11.9. The van der Waals surface area contributed by atoms with Crippen LogP contribution in [0.1, 0.15) is 36.9 Å². The normalized spacial score (nSPS) is 14.8. The molecule has 1 saturated carbocycles. The molecule has 1 aromatic heterocycles. The molecule has 2 N–H and O–H groups in total. The van der Waals surface area contributed by atoms with E-state index in [-0.39, 0.29) is 35.0 Å². The SMILES string of the molecule is CN=C(NCCCCn1c(C)cccc1=O)NCC1(c2cccc(Br)c2)CC1.I. The molecule has 158 valence electrons. The lowest BCUT2D eigenvalue weighted by molar-refractivity contribution is 0.572. The zero-order valence-corrected chi connectivity index (χ0v) is 21.0. The molecule has 3 rings (SSSR count). The van der Waals surface area contributed by atoms with E-state index in [0.717, 1.165) is 48.6 Å². The van der Waals surface area contributed by atoms with E-state index in [9.17, 15) is 4.79 Å². The second kappa shape index (κ2) is 11.2. The lowest BCUT2D eigenvalue weighted by atomic mass is 9.96. The summed E-state index contributed by atoms with van der Waals surface area (Å²) in [5, 5.41) is 6.88. The smallest absolute Gasteiger partial charge is 0.250 e. The molecule has 0 saturated heterocycles. The fourth-order valence-corrected chi connectivity index (χ4v) is 3.92. The predicted molar refractivity (Wildman–Crippen MR) is 135 cm³/mol. The standard InChI is InChI=1S/C22H29BrN4O.HI/c1-17-7-5-10-20(28)27(17)14-4-3-13-25-21(24-2)26-16-22(11-12-22)18-8-6-9-19(23)15-18;/h5-10,15H,3-4,11-14,16H2,1-2H3,(H2,24,25,26);1H. The predicted octanol–water partition coefficient (Wildman–Crippen LogP) is 4.21. The number of benzene rings is 1. The van der Waals surface area contributed by atoms with Gasteiger partial charge in [0.1, 0.15) is 0 Å². The van der Waals surface area contributed by atoms with Gasteiger partial charge in [-0.05, 0) is 56.4 Å². The van der Waals surface area contributed by atoms with Crippen LogP contribution in [0.3, 0.4) is 0 Å². The van der Waals surface area contributed by atoms with Gasteiger partial charge in [0, 0.05) is 48.3 Å². The van der Waals surface area contributed by atoms with E-state index < -0.39 is 0 Å². The molecule has 1 aliphatic rings. The molecule has 7 heteroatoms. The van der Waals surface area contributed by atoms with Crippen LogP contribution in [0.5, 0.6) is 0 Å². The fraction of sp³-hybridized carbons (Fsp3) is 0.455. The third-order valence-electron chi connectivity index (χ3n) is 5.48. The number of hydrogen-bond donors (Lipinski definition) is 2. The number of nitrogens with zero attached hydrogens (tertiary/aromatic N) is 2. The number of rotatable bonds is 8. The summed E-state index contributed by atoms with van der Waals surface area (Å²) >= 11 is 3.57. The Labute approximate surface area is 198 Å². The van der Waals surface area contributed by atoms with Gasteiger partial charge in [0.2, 0.25) is 0 Å². The largest absolute Gasteiger partial charge is 0.356 e. The number of aryl methyl sites for hydroxylation is 1. The molecular weight excluding hydrogens is 543 g/mol. The molecule has 1 fully saturated rings. The summed E-state index contributed by atoms with van der Waals surface area (Å²) in [6.07, 6.45) is 4.35. The van der Waals surface area contributed by atoms with Crippen LogP contribution in [-0.4, -0.2) is 30.7 Å². The van der Waals surface area contributed by atoms with E-state index >= 15 is 0 Å². The van der Waals surface area contributed by atoms with E-state index in [1.54, 1.807) is 13.1 Å². The Morgan fingerprint density at radius 3 is 2.59 bits per heavy atom. The van der Waals surface area contributed by atoms with Crippen LogP contribution in [0.25, 0.3) is 0 Å². The van der Waals surface area contributed by atoms with Crippen LogP contribution >= 0.6 is 39.9 Å². The van der Waals surface area contributed by atoms with Gasteiger partial charge in [-0.1, -0.05) is 34.1 Å². The lowest BCUT2D eigenvalue weighted by Gasteiger charge is -2.19. The first-order chi connectivity index (χ1) is 13.5. The molecule has 0 spiro atoms. The Kier molecular flexibility index (Phi) is 9.20. The summed E-state index contributed by atoms with van der Waals surface area (Å²) < 4.78 is 2.97. The Morgan fingerprint density at radius 1 is 1.17 bits per heavy atom. The van der Waals surface area contributed by atoms with Gasteiger partial charge in [0.25, 0.3) is 5.56 Å². The number of nitrogens with one attached hydrogen (secondary N) is 2. The average Bonchev–Trinajstić information content (AvgIpc) is 3.47. The number of aromatic nitrogens is 1. The molecule has 0 bridgehead atoms. The van der Waals surface area contributed by atoms with Crippen molar-refractivity contribution in [2.45, 2.75) is 44.6 Å². The maximum atomic E-state index is 11.9. The molecule has 2 aromatic rings. The van der Waals surface area contributed by atoms with Gasteiger partial charge in [0.15, 0.2) is 5.96 Å². The van der Waals surface area contributed by atoms with E-state index in [1.165, 1.54) is 18.4 Å². The number of pyridine rings is 1. The van der Waals surface area contributed by atoms with E-state index in [2.05, 4.69) is 55.8 Å². The minimum atomic E-state index is 0. The summed E-state index contributed by atoms with van der Waals surface area (Å²) in [4.78, 5) is 16.2. The van der Waals surface area contributed by atoms with Gasteiger partial charge in [-0.2, -0.15) is 0 Å². The molecule has 0 radical (unpaired) electrons. The van der Waals surface area contributed by atoms with Gasteiger partial charge in [-0.25, -0.2) is 0 Å². The van der Waals surface area contributed by atoms with Gasteiger partial charge in [-0.15, -0.1) is 24.0 Å². The van der Waals surface area contributed by atoms with Crippen LogP contribution in [0, 0.1) is 6.92 Å². The average molecular weight is 573 g/mol. The molecular formula is C22H30BrIN4O. The van der Waals surface area contributed by atoms with Gasteiger partial charge in [-0.3, -0.25) is 9.79 Å². The number of unbranched alkanes of at least 4 members (excludes halogenated alkanes) is 1. The van der Waals surface area contributed by atoms with Crippen LogP contribution in [-0.2, 0) is 12.0 Å². The van der Waals surface area contributed by atoms with E-state index in [0.29, 0.717) is 0 Å². The monoisotopic (exact) mass is 572 g/mol. The maximum Gasteiger partial charge on any atom is 0.250 e. The highest BCUT2D eigenvalue weighted by molar-refractivity contribution is 14.0. The second-order valence-electron chi connectivity index (χ2n) is 7.51. The summed E-state index contributed by atoms with van der Waals surface area (Å²) in [5.41, 5.74) is 2.70. The van der Waals surface area contributed by atoms with Crippen LogP contribution in [0.15, 0.2) is 56.7 Å². The number of hydrogen-bond acceptors (Lipinski definition) is 2. The Hall–Kier alpha value is -1.35. The highest BCUT2D eigenvalue weighted by Gasteiger charge is 2.44. The van der Waals surface area contributed by atoms with Crippen LogP contribution in [0.4, 0.5) is 0 Å². The zero-order chi connectivity index (χ0) is 20.0. The zero-order valence-electron chi connectivity index (χ0n) is 17.1. The van der Waals surface area contributed by atoms with Gasteiger partial charge < -0.3 is 15.2 Å². The Bertz CT molecular complexity index is 892. The van der Waals surface area contributed by atoms with Crippen LogP contribution in [0.2, 0.25) is 0 Å². The molecule has 29 heavy (non-hydrogen) atoms. The fourth-order valence-electron chi connectivity index (χ4n) is 3.52. The van der Waals surface area contributed by atoms with Crippen molar-refractivity contribution < 1.29 is 0 Å². The summed E-state index contributed by atoms with van der Waals surface area (Å²) in [6.45, 7) is 4.46. The first-order valence-corrected chi connectivity index (χ1v) is 10.7. The van der Waals surface area contributed by atoms with Crippen molar-refractivity contribution in [3.8, 4) is 0 Å². The highest BCUT2D eigenvalue weighted by atomic mass is 127. The van der Waals surface area contributed by atoms with Crippen molar-refractivity contribution in [3.05, 3.63) is 68.5 Å². The van der Waals surface area contributed by atoms with E-state index in [1.807, 2.05) is 23.6 Å². The highest BCUT2D eigenvalue weighted by Crippen LogP contribution is 2.48. The molecule has 1 aliphatic carbocycles. The quantitative estimate of drug-likeness (QED) is 0.216. The van der Waals surface area contributed by atoms with Crippen molar-refractivity contribution in [1.29, 1.82) is 0 Å². The van der Waals surface area contributed by atoms with Gasteiger partial charge in [0.05, 0.1) is 0 Å². The summed E-state index contributed by atoms with van der Waals surface area (Å²) in [6, 6.07) is 14.0. The van der Waals surface area contributed by atoms with E-state index in [4.69, 9.17) is 0 Å². The van der Waals surface area contributed by atoms with Gasteiger partial charge >= 0.3 is 0 Å². The molecule has 1 heterocycles. The third kappa shape index (κ3) is 6.57. The topological polar surface area (TPSA) is 58.4 Å². The molecule has 0 aliphatic heterocycles. The molecule has 1 aromatic carbocycles. The number of aliphatic imine (C=N–C) groups is 1. The number of halogens is 2. The van der Waals surface area contributed by atoms with Crippen molar-refractivity contribution in [1.82, 2.24) is 15.2 Å². The lowest BCUT2D eigenvalue weighted by Crippen LogP contribution is -2.41. The number of guanidine groups is 1. The Morgan fingerprint density at radius 2 is 1.93 bits per heavy atom. The van der Waals surface area contributed by atoms with Crippen molar-refractivity contribution in [2.75, 3.05) is 20.1 Å². The van der Waals surface area contributed by atoms with Crippen LogP contribution < -0.4 is 16.2 Å².